The van der Waals surface area contributed by atoms with Gasteiger partial charge in [0.15, 0.2) is 0 Å². The number of rotatable bonds is 3. The third kappa shape index (κ3) is 1.87. The Bertz CT molecular complexity index is 622. The normalized spacial score (nSPS) is 25.1. The molecule has 1 aromatic rings. The second-order valence-corrected chi connectivity index (χ2v) is 5.80. The molecule has 0 aliphatic carbocycles. The van der Waals surface area contributed by atoms with Crippen LogP contribution in [0.4, 0.5) is 5.69 Å². The van der Waals surface area contributed by atoms with Crippen LogP contribution in [0.1, 0.15) is 38.0 Å². The molecule has 2 unspecified atom stereocenters. The van der Waals surface area contributed by atoms with Gasteiger partial charge in [-0.2, -0.15) is 0 Å². The molecule has 2 aliphatic heterocycles. The van der Waals surface area contributed by atoms with E-state index in [9.17, 15) is 14.9 Å². The number of ether oxygens (including phenoxy) is 2. The minimum Gasteiger partial charge on any atom is -0.484 e. The zero-order valence-corrected chi connectivity index (χ0v) is 11.5. The minimum absolute atomic E-state index is 0.0410. The van der Waals surface area contributed by atoms with Crippen molar-refractivity contribution < 1.29 is 19.2 Å². The molecule has 1 saturated heterocycles. The van der Waals surface area contributed by atoms with Crippen LogP contribution >= 0.6 is 0 Å². The first-order chi connectivity index (χ1) is 9.31. The molecular weight excluding hydrogens is 262 g/mol. The van der Waals surface area contributed by atoms with Crippen LogP contribution in [0.2, 0.25) is 0 Å². The number of carbonyl (C=O) groups excluding carboxylic acids is 1. The fraction of sp³-hybridized carbons (Fsp3) is 0.500. The number of nitro benzene ring substituents is 1. The molecule has 0 spiro atoms. The van der Waals surface area contributed by atoms with Gasteiger partial charge >= 0.3 is 0 Å². The first kappa shape index (κ1) is 13.1. The topological polar surface area (TPSA) is 82.0 Å². The van der Waals surface area contributed by atoms with Gasteiger partial charge in [0.1, 0.15) is 34.9 Å². The maximum Gasteiger partial charge on any atom is 0.282 e. The van der Waals surface area contributed by atoms with E-state index < -0.39 is 10.5 Å². The average molecular weight is 277 g/mol. The van der Waals surface area contributed by atoms with E-state index >= 15 is 0 Å². The van der Waals surface area contributed by atoms with Crippen molar-refractivity contribution in [1.29, 1.82) is 0 Å². The smallest absolute Gasteiger partial charge is 0.282 e. The van der Waals surface area contributed by atoms with E-state index in [4.69, 9.17) is 9.47 Å². The number of Topliss-reactive ketones (excluding diaryl/α,β-unsaturated/α-hetero) is 1. The molecule has 0 N–H and O–H groups in total. The maximum absolute atomic E-state index is 11.4. The van der Waals surface area contributed by atoms with E-state index in [-0.39, 0.29) is 30.1 Å². The van der Waals surface area contributed by atoms with Crippen LogP contribution in [-0.2, 0) is 16.0 Å². The number of nitro groups is 1. The quantitative estimate of drug-likeness (QED) is 0.481. The molecule has 6 heteroatoms. The standard InChI is InChI=1S/C14H15NO5/c1-7(16)6-8-4-5-9-10(11(8)15(17)18)12-13(19-12)14(2,3)20-9/h4-5,12-13H,6H2,1-3H3. The lowest BCUT2D eigenvalue weighted by Crippen LogP contribution is -2.38. The number of ketones is 1. The van der Waals surface area contributed by atoms with Crippen LogP contribution in [0.5, 0.6) is 5.75 Å². The van der Waals surface area contributed by atoms with Crippen molar-refractivity contribution in [3.8, 4) is 5.75 Å². The van der Waals surface area contributed by atoms with Gasteiger partial charge in [-0.1, -0.05) is 0 Å². The minimum atomic E-state index is -0.492. The molecule has 20 heavy (non-hydrogen) atoms. The summed E-state index contributed by atoms with van der Waals surface area (Å²) < 4.78 is 11.4. The number of epoxide rings is 1. The highest BCUT2D eigenvalue weighted by molar-refractivity contribution is 5.80. The van der Waals surface area contributed by atoms with Crippen molar-refractivity contribution in [1.82, 2.24) is 0 Å². The van der Waals surface area contributed by atoms with Gasteiger partial charge in [-0.15, -0.1) is 0 Å². The van der Waals surface area contributed by atoms with Crippen molar-refractivity contribution in [2.24, 2.45) is 0 Å². The van der Waals surface area contributed by atoms with E-state index in [2.05, 4.69) is 0 Å². The zero-order chi connectivity index (χ0) is 14.7. The van der Waals surface area contributed by atoms with Crippen molar-refractivity contribution in [2.75, 3.05) is 0 Å². The highest BCUT2D eigenvalue weighted by Crippen LogP contribution is 2.56. The molecule has 1 fully saturated rings. The summed E-state index contributed by atoms with van der Waals surface area (Å²) in [4.78, 5) is 22.2. The number of nitrogens with zero attached hydrogens (tertiary/aromatic N) is 1. The molecule has 0 aromatic heterocycles. The Labute approximate surface area is 115 Å². The monoisotopic (exact) mass is 277 g/mol. The number of hydrogen-bond acceptors (Lipinski definition) is 5. The van der Waals surface area contributed by atoms with Crippen LogP contribution in [0.15, 0.2) is 12.1 Å². The summed E-state index contributed by atoms with van der Waals surface area (Å²) in [5.74, 6) is 0.367. The van der Waals surface area contributed by atoms with Gasteiger partial charge in [0.05, 0.1) is 4.92 Å². The molecule has 2 aliphatic rings. The molecule has 0 bridgehead atoms. The van der Waals surface area contributed by atoms with E-state index in [0.29, 0.717) is 16.9 Å². The largest absolute Gasteiger partial charge is 0.484 e. The summed E-state index contributed by atoms with van der Waals surface area (Å²) in [5.41, 5.74) is 0.353. The molecule has 0 amide bonds. The molecule has 2 heterocycles. The van der Waals surface area contributed by atoms with E-state index in [1.807, 2.05) is 13.8 Å². The molecular formula is C14H15NO5. The van der Waals surface area contributed by atoms with Gasteiger partial charge in [-0.3, -0.25) is 14.9 Å². The lowest BCUT2D eigenvalue weighted by molar-refractivity contribution is -0.386. The second-order valence-electron chi connectivity index (χ2n) is 5.80. The Morgan fingerprint density at radius 1 is 1.45 bits per heavy atom. The summed E-state index contributed by atoms with van der Waals surface area (Å²) in [6.07, 6.45) is -0.424. The molecule has 0 saturated carbocycles. The van der Waals surface area contributed by atoms with Gasteiger partial charge in [0.2, 0.25) is 0 Å². The van der Waals surface area contributed by atoms with Gasteiger partial charge in [-0.05, 0) is 32.9 Å². The predicted octanol–water partition coefficient (Wildman–Crippen LogP) is 2.34. The average Bonchev–Trinajstić information content (AvgIpc) is 3.09. The van der Waals surface area contributed by atoms with Gasteiger partial charge in [0, 0.05) is 12.0 Å². The SMILES string of the molecule is CC(=O)Cc1ccc2c(c1[N+](=O)[O-])C1OC1C(C)(C)O2. The van der Waals surface area contributed by atoms with Crippen molar-refractivity contribution in [3.63, 3.8) is 0 Å². The zero-order valence-electron chi connectivity index (χ0n) is 11.5. The van der Waals surface area contributed by atoms with Crippen molar-refractivity contribution >= 4 is 11.5 Å². The van der Waals surface area contributed by atoms with Crippen molar-refractivity contribution in [3.05, 3.63) is 33.4 Å². The van der Waals surface area contributed by atoms with E-state index in [0.717, 1.165) is 0 Å². The molecule has 0 radical (unpaired) electrons. The third-order valence-electron chi connectivity index (χ3n) is 3.72. The van der Waals surface area contributed by atoms with Crippen LogP contribution in [0.25, 0.3) is 0 Å². The summed E-state index contributed by atoms with van der Waals surface area (Å²) >= 11 is 0. The van der Waals surface area contributed by atoms with E-state index in [1.165, 1.54) is 6.92 Å². The first-order valence-electron chi connectivity index (χ1n) is 6.45. The Kier molecular flexibility index (Phi) is 2.62. The highest BCUT2D eigenvalue weighted by Gasteiger charge is 2.59. The Morgan fingerprint density at radius 2 is 2.15 bits per heavy atom. The summed E-state index contributed by atoms with van der Waals surface area (Å²) in [6, 6.07) is 3.29. The fourth-order valence-electron chi connectivity index (χ4n) is 2.83. The maximum atomic E-state index is 11.4. The predicted molar refractivity (Wildman–Crippen MR) is 69.8 cm³/mol. The number of carbonyl (C=O) groups is 1. The third-order valence-corrected chi connectivity index (χ3v) is 3.72. The van der Waals surface area contributed by atoms with Gasteiger partial charge in [-0.25, -0.2) is 0 Å². The number of hydrogen-bond donors (Lipinski definition) is 0. The lowest BCUT2D eigenvalue weighted by atomic mass is 9.91. The fourth-order valence-corrected chi connectivity index (χ4v) is 2.83. The lowest BCUT2D eigenvalue weighted by Gasteiger charge is -2.29. The summed E-state index contributed by atoms with van der Waals surface area (Å²) in [5, 5.41) is 11.4. The van der Waals surface area contributed by atoms with E-state index in [1.54, 1.807) is 12.1 Å². The van der Waals surface area contributed by atoms with Crippen molar-refractivity contribution in [2.45, 2.75) is 45.0 Å². The molecule has 3 rings (SSSR count). The molecule has 6 nitrogen and oxygen atoms in total. The summed E-state index contributed by atoms with van der Waals surface area (Å²) in [6.45, 7) is 5.21. The second kappa shape index (κ2) is 4.02. The summed E-state index contributed by atoms with van der Waals surface area (Å²) in [7, 11) is 0. The van der Waals surface area contributed by atoms with Gasteiger partial charge in [0.25, 0.3) is 5.69 Å². The van der Waals surface area contributed by atoms with Crippen LogP contribution in [0, 0.1) is 10.1 Å². The van der Waals surface area contributed by atoms with Crippen LogP contribution < -0.4 is 4.74 Å². The number of fused-ring (bicyclic) bond motifs is 3. The Hall–Kier alpha value is -1.95. The Morgan fingerprint density at radius 3 is 2.75 bits per heavy atom. The molecule has 2 atom stereocenters. The molecule has 106 valence electrons. The number of benzene rings is 1. The highest BCUT2D eigenvalue weighted by atomic mass is 16.6. The van der Waals surface area contributed by atoms with Crippen LogP contribution in [0.3, 0.4) is 0 Å². The Balaban J connectivity index is 2.15. The first-order valence-corrected chi connectivity index (χ1v) is 6.45. The van der Waals surface area contributed by atoms with Crippen LogP contribution in [-0.4, -0.2) is 22.4 Å². The van der Waals surface area contributed by atoms with Gasteiger partial charge < -0.3 is 9.47 Å². The molecule has 1 aromatic carbocycles.